The largest absolute Gasteiger partial charge is 0.407 e. The third kappa shape index (κ3) is 4.47. The van der Waals surface area contributed by atoms with Gasteiger partial charge in [0.25, 0.3) is 0 Å². The highest BCUT2D eigenvalue weighted by atomic mass is 16.5. The summed E-state index contributed by atoms with van der Waals surface area (Å²) in [5.74, 6) is 13.6. The molecule has 0 amide bonds. The van der Waals surface area contributed by atoms with Gasteiger partial charge < -0.3 is 4.74 Å². The smallest absolute Gasteiger partial charge is 0.140 e. The summed E-state index contributed by atoms with van der Waals surface area (Å²) in [5.41, 5.74) is 1.19. The van der Waals surface area contributed by atoms with Gasteiger partial charge in [0.1, 0.15) is 11.9 Å². The molecular weight excluding hydrogens is 184 g/mol. The van der Waals surface area contributed by atoms with E-state index in [1.54, 1.807) is 6.92 Å². The zero-order valence-corrected chi connectivity index (χ0v) is 8.72. The minimum absolute atomic E-state index is 0. The Morgan fingerprint density at radius 2 is 1.67 bits per heavy atom. The highest BCUT2D eigenvalue weighted by Gasteiger charge is 1.88. The predicted octanol–water partition coefficient (Wildman–Crippen LogP) is 3.10. The first-order valence-electron chi connectivity index (χ1n) is 4.48. The summed E-state index contributed by atoms with van der Waals surface area (Å²) in [5, 5.41) is 0. The van der Waals surface area contributed by atoms with Crippen LogP contribution in [0, 0.1) is 42.6 Å². The predicted molar refractivity (Wildman–Crippen MR) is 67.2 cm³/mol. The Bertz CT molecular complexity index is 502. The van der Waals surface area contributed by atoms with Gasteiger partial charge >= 0.3 is 0 Å². The molecule has 0 aliphatic carbocycles. The van der Waals surface area contributed by atoms with Crippen LogP contribution in [-0.2, 0) is 0 Å². The van der Waals surface area contributed by atoms with E-state index in [9.17, 15) is 0 Å². The van der Waals surface area contributed by atoms with Crippen LogP contribution in [0.1, 0.15) is 16.8 Å². The molecule has 1 aromatic rings. The second kappa shape index (κ2) is 6.20. The first-order valence-corrected chi connectivity index (χ1v) is 4.48. The Morgan fingerprint density at radius 1 is 1.00 bits per heavy atom. The molecule has 0 saturated carbocycles. The van der Waals surface area contributed by atoms with E-state index >= 15 is 0 Å². The number of ether oxygens (including phenoxy) is 1. The summed E-state index contributed by atoms with van der Waals surface area (Å²) >= 11 is 0. The maximum atomic E-state index is 5.13. The minimum atomic E-state index is 0. The Balaban J connectivity index is -0.000000750. The minimum Gasteiger partial charge on any atom is -0.407 e. The van der Waals surface area contributed by atoms with Gasteiger partial charge in [0.15, 0.2) is 0 Å². The van der Waals surface area contributed by atoms with Gasteiger partial charge in [-0.25, -0.2) is 0 Å². The van der Waals surface area contributed by atoms with E-state index in [0.29, 0.717) is 0 Å². The van der Waals surface area contributed by atoms with E-state index in [1.807, 2.05) is 31.2 Å². The molecule has 0 N–H and O–H groups in total. The van der Waals surface area contributed by atoms with E-state index < -0.39 is 0 Å². The number of hydrogen-bond donors (Lipinski definition) is 0. The van der Waals surface area contributed by atoms with Crippen molar-refractivity contribution in [1.29, 1.82) is 0 Å². The molecule has 0 saturated heterocycles. The Labute approximate surface area is 94.9 Å². The van der Waals surface area contributed by atoms with Crippen LogP contribution in [0.15, 0.2) is 24.3 Å². The van der Waals surface area contributed by atoms with Gasteiger partial charge in [-0.15, -0.1) is 0 Å². The third-order valence-corrected chi connectivity index (χ3v) is 1.55. The fourth-order valence-corrected chi connectivity index (χ4v) is 0.841. The van der Waals surface area contributed by atoms with Crippen molar-refractivity contribution in [2.45, 2.75) is 13.8 Å². The van der Waals surface area contributed by atoms with E-state index in [0.717, 1.165) is 5.75 Å². The Kier molecular flexibility index (Phi) is 4.45. The van der Waals surface area contributed by atoms with Crippen LogP contribution in [0.3, 0.4) is 0 Å². The highest BCUT2D eigenvalue weighted by molar-refractivity contribution is 5.35. The summed E-state index contributed by atoms with van der Waals surface area (Å²) in [6.45, 7) is 3.75. The maximum absolute atomic E-state index is 5.13. The van der Waals surface area contributed by atoms with Gasteiger partial charge in [0, 0.05) is 16.1 Å². The molecule has 0 aliphatic rings. The molecule has 15 heavy (non-hydrogen) atoms. The fraction of sp³-hybridized carbons (Fsp3) is 0.143. The fourth-order valence-electron chi connectivity index (χ4n) is 0.841. The van der Waals surface area contributed by atoms with Crippen LogP contribution >= 0.6 is 0 Å². The second-order valence-corrected chi connectivity index (χ2v) is 2.77. The van der Waals surface area contributed by atoms with Gasteiger partial charge in [0.2, 0.25) is 0 Å². The molecule has 0 fully saturated rings. The zero-order chi connectivity index (χ0) is 10.9. The van der Waals surface area contributed by atoms with E-state index in [4.69, 9.17) is 4.74 Å². The molecule has 0 unspecified atom stereocenters. The summed E-state index contributed by atoms with van der Waals surface area (Å²) in [4.78, 5) is 0. The summed E-state index contributed by atoms with van der Waals surface area (Å²) in [6.07, 6.45) is 2.49. The lowest BCUT2D eigenvalue weighted by Crippen LogP contribution is -1.81. The van der Waals surface area contributed by atoms with E-state index in [2.05, 4.69) is 35.7 Å². The number of aryl methyl sites for hydroxylation is 1. The Morgan fingerprint density at radius 3 is 2.33 bits per heavy atom. The molecule has 1 rings (SSSR count). The SMILES string of the molecule is CC#CC#CC#COc1ccc(C)cc1.[HH].[HH].[HH]. The summed E-state index contributed by atoms with van der Waals surface area (Å²) in [7, 11) is 0. The molecule has 0 atom stereocenters. The van der Waals surface area contributed by atoms with Gasteiger partial charge in [-0.1, -0.05) is 23.6 Å². The topological polar surface area (TPSA) is 9.23 Å². The van der Waals surface area contributed by atoms with Crippen molar-refractivity contribution >= 4 is 0 Å². The molecular formula is C14H16O. The van der Waals surface area contributed by atoms with Gasteiger partial charge in [-0.2, -0.15) is 0 Å². The van der Waals surface area contributed by atoms with Crippen molar-refractivity contribution < 1.29 is 9.02 Å². The molecule has 1 heteroatoms. The van der Waals surface area contributed by atoms with Crippen molar-refractivity contribution in [3.05, 3.63) is 29.8 Å². The van der Waals surface area contributed by atoms with Gasteiger partial charge in [0.05, 0.1) is 0 Å². The molecule has 0 heterocycles. The quantitative estimate of drug-likeness (QED) is 0.633. The van der Waals surface area contributed by atoms with Crippen LogP contribution in [-0.4, -0.2) is 0 Å². The third-order valence-electron chi connectivity index (χ3n) is 1.55. The summed E-state index contributed by atoms with van der Waals surface area (Å²) < 4.78 is 5.13. The average molecular weight is 200 g/mol. The van der Waals surface area contributed by atoms with Crippen molar-refractivity contribution in [3.8, 4) is 41.5 Å². The van der Waals surface area contributed by atoms with Crippen LogP contribution < -0.4 is 4.74 Å². The molecule has 0 spiro atoms. The van der Waals surface area contributed by atoms with Crippen LogP contribution in [0.5, 0.6) is 5.75 Å². The van der Waals surface area contributed by atoms with E-state index in [1.165, 1.54) is 5.56 Å². The lowest BCUT2D eigenvalue weighted by molar-refractivity contribution is 0.520. The Hall–Kier alpha value is -2.30. The van der Waals surface area contributed by atoms with Crippen molar-refractivity contribution in [3.63, 3.8) is 0 Å². The number of benzene rings is 1. The normalized spacial score (nSPS) is 7.07. The van der Waals surface area contributed by atoms with Gasteiger partial charge in [-0.05, 0) is 37.8 Å². The van der Waals surface area contributed by atoms with Crippen LogP contribution in [0.25, 0.3) is 0 Å². The number of rotatable bonds is 1. The molecule has 1 nitrogen and oxygen atoms in total. The monoisotopic (exact) mass is 200 g/mol. The van der Waals surface area contributed by atoms with Crippen molar-refractivity contribution in [2.24, 2.45) is 0 Å². The standard InChI is InChI=1S/C14H10O.3H2/c1-3-4-5-6-7-12-15-14-10-8-13(2)9-11-14;;;/h8-11H,1-2H3;3*1H. The molecule has 0 aromatic heterocycles. The first-order chi connectivity index (χ1) is 7.33. The summed E-state index contributed by atoms with van der Waals surface area (Å²) in [6, 6.07) is 7.66. The van der Waals surface area contributed by atoms with Crippen LogP contribution in [0.4, 0.5) is 0 Å². The second-order valence-electron chi connectivity index (χ2n) is 2.77. The maximum Gasteiger partial charge on any atom is 0.140 e. The van der Waals surface area contributed by atoms with Crippen molar-refractivity contribution in [1.82, 2.24) is 0 Å². The lowest BCUT2D eigenvalue weighted by atomic mass is 10.2. The molecule has 1 aromatic carbocycles. The van der Waals surface area contributed by atoms with E-state index in [-0.39, 0.29) is 4.28 Å². The zero-order valence-electron chi connectivity index (χ0n) is 8.72. The molecule has 0 bridgehead atoms. The highest BCUT2D eigenvalue weighted by Crippen LogP contribution is 2.10. The first kappa shape index (κ1) is 10.8. The van der Waals surface area contributed by atoms with Crippen molar-refractivity contribution in [2.75, 3.05) is 0 Å². The molecule has 78 valence electrons. The van der Waals surface area contributed by atoms with Gasteiger partial charge in [-0.3, -0.25) is 0 Å². The number of hydrogen-bond acceptors (Lipinski definition) is 1. The molecule has 0 radical (unpaired) electrons. The molecule has 0 aliphatic heterocycles. The lowest BCUT2D eigenvalue weighted by Gasteiger charge is -1.95. The van der Waals surface area contributed by atoms with Crippen LogP contribution in [0.2, 0.25) is 0 Å². The average Bonchev–Trinajstić information content (AvgIpc) is 2.26.